The van der Waals surface area contributed by atoms with Crippen LogP contribution in [0.5, 0.6) is 0 Å². The molecule has 1 aliphatic rings. The minimum Gasteiger partial charge on any atom is -0.370 e. The Hall–Kier alpha value is -0.240. The van der Waals surface area contributed by atoms with E-state index < -0.39 is 0 Å². The number of ether oxygens (including phenoxy) is 1. The van der Waals surface area contributed by atoms with E-state index in [9.17, 15) is 0 Å². The average molecular weight is 171 g/mol. The summed E-state index contributed by atoms with van der Waals surface area (Å²) in [4.78, 5) is 3.86. The lowest BCUT2D eigenvalue weighted by Gasteiger charge is -2.17. The zero-order chi connectivity index (χ0) is 8.32. The summed E-state index contributed by atoms with van der Waals surface area (Å²) >= 11 is 4.47. The highest BCUT2D eigenvalue weighted by atomic mass is 32.1. The van der Waals surface area contributed by atoms with Gasteiger partial charge < -0.3 is 4.74 Å². The number of aliphatic imine (C=N–C) groups is 1. The summed E-state index contributed by atoms with van der Waals surface area (Å²) in [5.74, 6) is 0. The molecular formula is C8H13NOS. The highest BCUT2D eigenvalue weighted by Gasteiger charge is 2.30. The molecule has 0 aromatic rings. The van der Waals surface area contributed by atoms with Crippen LogP contribution in [-0.2, 0) is 4.74 Å². The smallest absolute Gasteiger partial charge is 0.0786 e. The van der Waals surface area contributed by atoms with Gasteiger partial charge in [0, 0.05) is 0 Å². The van der Waals surface area contributed by atoms with Crippen molar-refractivity contribution in [3.05, 3.63) is 0 Å². The van der Waals surface area contributed by atoms with Crippen molar-refractivity contribution < 1.29 is 4.74 Å². The summed E-state index contributed by atoms with van der Waals surface area (Å²) < 4.78 is 5.67. The van der Waals surface area contributed by atoms with E-state index >= 15 is 0 Å². The molecular weight excluding hydrogens is 158 g/mol. The molecule has 0 saturated carbocycles. The van der Waals surface area contributed by atoms with Gasteiger partial charge in [0.05, 0.1) is 23.4 Å². The second-order valence-electron chi connectivity index (χ2n) is 3.47. The Morgan fingerprint density at radius 1 is 1.73 bits per heavy atom. The molecule has 11 heavy (non-hydrogen) atoms. The number of rotatable bonds is 2. The fourth-order valence-electron chi connectivity index (χ4n) is 1.35. The van der Waals surface area contributed by atoms with E-state index in [1.807, 2.05) is 0 Å². The SMILES string of the molecule is CC1(C)CC[C@@H](CN=C=S)O1. The van der Waals surface area contributed by atoms with Crippen LogP contribution in [0.3, 0.4) is 0 Å². The van der Waals surface area contributed by atoms with Crippen LogP contribution in [0.4, 0.5) is 0 Å². The summed E-state index contributed by atoms with van der Waals surface area (Å²) in [5.41, 5.74) is 0.0433. The van der Waals surface area contributed by atoms with Crippen molar-refractivity contribution in [1.82, 2.24) is 0 Å². The minimum absolute atomic E-state index is 0.0433. The Morgan fingerprint density at radius 3 is 2.91 bits per heavy atom. The van der Waals surface area contributed by atoms with Crippen LogP contribution in [0.1, 0.15) is 26.7 Å². The lowest BCUT2D eigenvalue weighted by molar-refractivity contribution is -0.0105. The van der Waals surface area contributed by atoms with E-state index in [1.165, 1.54) is 0 Å². The summed E-state index contributed by atoms with van der Waals surface area (Å²) in [5, 5.41) is 2.35. The lowest BCUT2D eigenvalue weighted by Crippen LogP contribution is -2.21. The normalized spacial score (nSPS) is 28.0. The molecule has 0 amide bonds. The van der Waals surface area contributed by atoms with Gasteiger partial charge in [-0.1, -0.05) is 0 Å². The number of hydrogen-bond donors (Lipinski definition) is 0. The van der Waals surface area contributed by atoms with E-state index in [2.05, 4.69) is 36.2 Å². The molecule has 0 aromatic heterocycles. The van der Waals surface area contributed by atoms with Crippen LogP contribution >= 0.6 is 12.2 Å². The second-order valence-corrected chi connectivity index (χ2v) is 3.65. The number of hydrogen-bond acceptors (Lipinski definition) is 3. The van der Waals surface area contributed by atoms with Gasteiger partial charge in [-0.2, -0.15) is 0 Å². The molecule has 1 saturated heterocycles. The molecule has 3 heteroatoms. The molecule has 1 aliphatic heterocycles. The molecule has 1 fully saturated rings. The highest BCUT2D eigenvalue weighted by molar-refractivity contribution is 7.78. The highest BCUT2D eigenvalue weighted by Crippen LogP contribution is 2.29. The number of isothiocyanates is 1. The molecule has 1 atom stereocenters. The Morgan fingerprint density at radius 2 is 2.45 bits per heavy atom. The lowest BCUT2D eigenvalue weighted by atomic mass is 10.1. The van der Waals surface area contributed by atoms with E-state index in [4.69, 9.17) is 4.74 Å². The van der Waals surface area contributed by atoms with Crippen molar-refractivity contribution in [2.75, 3.05) is 6.54 Å². The van der Waals surface area contributed by atoms with Gasteiger partial charge >= 0.3 is 0 Å². The molecule has 0 spiro atoms. The van der Waals surface area contributed by atoms with Gasteiger partial charge in [0.1, 0.15) is 0 Å². The zero-order valence-corrected chi connectivity index (χ0v) is 7.78. The molecule has 1 heterocycles. The van der Waals surface area contributed by atoms with E-state index in [0.29, 0.717) is 6.54 Å². The van der Waals surface area contributed by atoms with Gasteiger partial charge in [0.15, 0.2) is 0 Å². The molecule has 2 nitrogen and oxygen atoms in total. The monoisotopic (exact) mass is 171 g/mol. The van der Waals surface area contributed by atoms with Crippen LogP contribution in [0.15, 0.2) is 4.99 Å². The second kappa shape index (κ2) is 3.44. The summed E-state index contributed by atoms with van der Waals surface area (Å²) in [6.07, 6.45) is 2.47. The summed E-state index contributed by atoms with van der Waals surface area (Å²) in [6.45, 7) is 4.88. The van der Waals surface area contributed by atoms with Gasteiger partial charge in [-0.15, -0.1) is 0 Å². The number of thiocarbonyl (C=S) groups is 1. The topological polar surface area (TPSA) is 21.6 Å². The maximum absolute atomic E-state index is 5.67. The molecule has 0 aliphatic carbocycles. The van der Waals surface area contributed by atoms with Gasteiger partial charge in [-0.25, -0.2) is 4.99 Å². The quantitative estimate of drug-likeness (QED) is 0.468. The van der Waals surface area contributed by atoms with Gasteiger partial charge in [0.2, 0.25) is 0 Å². The molecule has 0 bridgehead atoms. The largest absolute Gasteiger partial charge is 0.370 e. The first kappa shape index (κ1) is 8.85. The Kier molecular flexibility index (Phi) is 2.77. The fourth-order valence-corrected chi connectivity index (χ4v) is 1.42. The molecule has 1 rings (SSSR count). The van der Waals surface area contributed by atoms with Crippen LogP contribution < -0.4 is 0 Å². The third-order valence-electron chi connectivity index (χ3n) is 1.91. The number of nitrogens with zero attached hydrogens (tertiary/aromatic N) is 1. The molecule has 0 N–H and O–H groups in total. The molecule has 0 aromatic carbocycles. The summed E-state index contributed by atoms with van der Waals surface area (Å²) in [7, 11) is 0. The first-order chi connectivity index (χ1) is 5.14. The van der Waals surface area contributed by atoms with Crippen molar-refractivity contribution in [3.8, 4) is 0 Å². The van der Waals surface area contributed by atoms with Crippen molar-refractivity contribution >= 4 is 17.4 Å². The summed E-state index contributed by atoms with van der Waals surface area (Å²) in [6, 6.07) is 0. The molecule has 62 valence electrons. The Balaban J connectivity index is 2.36. The predicted octanol–water partition coefficient (Wildman–Crippen LogP) is 2.05. The van der Waals surface area contributed by atoms with Gasteiger partial charge in [-0.3, -0.25) is 0 Å². The first-order valence-corrected chi connectivity index (χ1v) is 4.26. The minimum atomic E-state index is 0.0433. The van der Waals surface area contributed by atoms with Crippen molar-refractivity contribution in [2.45, 2.75) is 38.4 Å². The van der Waals surface area contributed by atoms with Crippen molar-refractivity contribution in [1.29, 1.82) is 0 Å². The first-order valence-electron chi connectivity index (χ1n) is 3.85. The maximum atomic E-state index is 5.67. The predicted molar refractivity (Wildman–Crippen MR) is 48.1 cm³/mol. The molecule has 0 unspecified atom stereocenters. The van der Waals surface area contributed by atoms with Crippen LogP contribution in [0, 0.1) is 0 Å². The van der Waals surface area contributed by atoms with Crippen LogP contribution in [0.2, 0.25) is 0 Å². The Bertz CT molecular complexity index is 185. The Labute approximate surface area is 72.7 Å². The van der Waals surface area contributed by atoms with Gasteiger partial charge in [0.25, 0.3) is 0 Å². The van der Waals surface area contributed by atoms with Gasteiger partial charge in [-0.05, 0) is 38.9 Å². The van der Waals surface area contributed by atoms with Crippen molar-refractivity contribution in [2.24, 2.45) is 4.99 Å². The molecule has 0 radical (unpaired) electrons. The van der Waals surface area contributed by atoms with E-state index in [0.717, 1.165) is 12.8 Å². The van der Waals surface area contributed by atoms with Crippen LogP contribution in [0.25, 0.3) is 0 Å². The average Bonchev–Trinajstić information content (AvgIpc) is 2.26. The van der Waals surface area contributed by atoms with E-state index in [1.54, 1.807) is 0 Å². The maximum Gasteiger partial charge on any atom is 0.0786 e. The van der Waals surface area contributed by atoms with Crippen LogP contribution in [-0.4, -0.2) is 23.4 Å². The van der Waals surface area contributed by atoms with E-state index in [-0.39, 0.29) is 11.7 Å². The fraction of sp³-hybridized carbons (Fsp3) is 0.875. The van der Waals surface area contributed by atoms with Crippen molar-refractivity contribution in [3.63, 3.8) is 0 Å². The third kappa shape index (κ3) is 2.70. The zero-order valence-electron chi connectivity index (χ0n) is 6.96. The third-order valence-corrected chi connectivity index (χ3v) is 2.04. The standard InChI is InChI=1S/C8H13NOS/c1-8(2)4-3-7(10-8)5-9-6-11/h7H,3-5H2,1-2H3/t7-/m0/s1.